The number of ether oxygens (including phenoxy) is 1. The van der Waals surface area contributed by atoms with Gasteiger partial charge in [-0.05, 0) is 24.3 Å². The van der Waals surface area contributed by atoms with Gasteiger partial charge in [-0.25, -0.2) is 8.42 Å². The predicted molar refractivity (Wildman–Crippen MR) is 99.6 cm³/mol. The van der Waals surface area contributed by atoms with Gasteiger partial charge in [0.05, 0.1) is 17.1 Å². The van der Waals surface area contributed by atoms with E-state index in [0.29, 0.717) is 11.4 Å². The third kappa shape index (κ3) is 3.12. The maximum Gasteiger partial charge on any atom is 0.323 e. The van der Waals surface area contributed by atoms with Gasteiger partial charge < -0.3 is 9.84 Å². The summed E-state index contributed by atoms with van der Waals surface area (Å²) in [5, 5.41) is 9.28. The maximum absolute atomic E-state index is 13.2. The molecule has 2 aromatic carbocycles. The summed E-state index contributed by atoms with van der Waals surface area (Å²) in [5.74, 6) is -1.41. The molecule has 0 aromatic heterocycles. The normalized spacial score (nSPS) is 22.1. The minimum Gasteiger partial charge on any atom is -0.487 e. The lowest BCUT2D eigenvalue weighted by molar-refractivity contribution is -0.137. The molecule has 2 aromatic rings. The fraction of sp³-hybridized carbons (Fsp3) is 0.263. The van der Waals surface area contributed by atoms with E-state index in [9.17, 15) is 23.1 Å². The molecule has 2 heterocycles. The molecule has 28 heavy (non-hydrogen) atoms. The SMILES string of the molecule is O=C(O)CN1C(=O)C2CC(CN2S(=O)(=O)c2ccccc2)Oc2ccccc21. The monoisotopic (exact) mass is 402 g/mol. The first-order valence-corrected chi connectivity index (χ1v) is 10.2. The Morgan fingerprint density at radius 1 is 1.11 bits per heavy atom. The van der Waals surface area contributed by atoms with Gasteiger partial charge in [0.1, 0.15) is 24.4 Å². The molecule has 4 rings (SSSR count). The number of carbonyl (C=O) groups is 2. The molecule has 2 aliphatic rings. The Morgan fingerprint density at radius 2 is 1.79 bits per heavy atom. The Morgan fingerprint density at radius 3 is 2.50 bits per heavy atom. The highest BCUT2D eigenvalue weighted by Gasteiger charge is 2.48. The van der Waals surface area contributed by atoms with Gasteiger partial charge in [-0.15, -0.1) is 0 Å². The second-order valence-electron chi connectivity index (χ2n) is 6.66. The molecule has 0 saturated carbocycles. The van der Waals surface area contributed by atoms with Gasteiger partial charge in [0.15, 0.2) is 0 Å². The van der Waals surface area contributed by atoms with Gasteiger partial charge in [-0.3, -0.25) is 14.5 Å². The molecule has 2 aliphatic heterocycles. The summed E-state index contributed by atoms with van der Waals surface area (Å²) < 4.78 is 33.3. The van der Waals surface area contributed by atoms with Crippen molar-refractivity contribution in [2.45, 2.75) is 23.5 Å². The molecule has 1 N–H and O–H groups in total. The van der Waals surface area contributed by atoms with Crippen molar-refractivity contribution in [2.24, 2.45) is 0 Å². The molecule has 0 aliphatic carbocycles. The predicted octanol–water partition coefficient (Wildman–Crippen LogP) is 1.33. The van der Waals surface area contributed by atoms with Gasteiger partial charge in [0.25, 0.3) is 0 Å². The summed E-state index contributed by atoms with van der Waals surface area (Å²) in [7, 11) is -3.94. The fourth-order valence-electron chi connectivity index (χ4n) is 3.63. The summed E-state index contributed by atoms with van der Waals surface area (Å²) in [6.45, 7) is -0.567. The van der Waals surface area contributed by atoms with Crippen LogP contribution in [0.2, 0.25) is 0 Å². The summed E-state index contributed by atoms with van der Waals surface area (Å²) in [6, 6.07) is 13.5. The summed E-state index contributed by atoms with van der Waals surface area (Å²) in [5.41, 5.74) is 0.323. The van der Waals surface area contributed by atoms with Crippen LogP contribution in [-0.2, 0) is 19.6 Å². The number of amides is 1. The van der Waals surface area contributed by atoms with Crippen LogP contribution in [0.15, 0.2) is 59.5 Å². The van der Waals surface area contributed by atoms with E-state index in [1.165, 1.54) is 12.1 Å². The average molecular weight is 402 g/mol. The number of sulfonamides is 1. The van der Waals surface area contributed by atoms with E-state index in [-0.39, 0.29) is 17.9 Å². The Kier molecular flexibility index (Phi) is 4.56. The molecule has 0 radical (unpaired) electrons. The Bertz CT molecular complexity index is 1020. The Balaban J connectivity index is 1.78. The van der Waals surface area contributed by atoms with Crippen LogP contribution in [0.3, 0.4) is 0 Å². The molecular formula is C19H18N2O6S. The third-order valence-electron chi connectivity index (χ3n) is 4.86. The number of aliphatic carboxylic acids is 1. The van der Waals surface area contributed by atoms with Crippen LogP contribution in [-0.4, -0.2) is 54.9 Å². The molecule has 1 amide bonds. The van der Waals surface area contributed by atoms with Crippen LogP contribution < -0.4 is 9.64 Å². The number of hydrogen-bond acceptors (Lipinski definition) is 5. The molecule has 8 nitrogen and oxygen atoms in total. The summed E-state index contributed by atoms with van der Waals surface area (Å²) in [6.07, 6.45) is -0.337. The Labute approximate surface area is 162 Å². The highest BCUT2D eigenvalue weighted by Crippen LogP contribution is 2.37. The van der Waals surface area contributed by atoms with E-state index in [0.717, 1.165) is 9.21 Å². The average Bonchev–Trinajstić information content (AvgIpc) is 3.12. The van der Waals surface area contributed by atoms with Crippen LogP contribution in [0.5, 0.6) is 5.75 Å². The van der Waals surface area contributed by atoms with Crippen molar-refractivity contribution in [2.75, 3.05) is 18.0 Å². The first kappa shape index (κ1) is 18.5. The summed E-state index contributed by atoms with van der Waals surface area (Å²) >= 11 is 0. The number of rotatable bonds is 4. The number of hydrogen-bond donors (Lipinski definition) is 1. The van der Waals surface area contributed by atoms with E-state index < -0.39 is 40.6 Å². The Hall–Kier alpha value is -2.91. The van der Waals surface area contributed by atoms with Gasteiger partial charge >= 0.3 is 5.97 Å². The second-order valence-corrected chi connectivity index (χ2v) is 8.56. The van der Waals surface area contributed by atoms with Crippen molar-refractivity contribution in [3.05, 3.63) is 54.6 Å². The smallest absolute Gasteiger partial charge is 0.323 e. The van der Waals surface area contributed by atoms with Crippen molar-refractivity contribution in [3.63, 3.8) is 0 Å². The number of fused-ring (bicyclic) bond motifs is 3. The molecule has 2 unspecified atom stereocenters. The zero-order valence-electron chi connectivity index (χ0n) is 14.8. The third-order valence-corrected chi connectivity index (χ3v) is 6.75. The van der Waals surface area contributed by atoms with Gasteiger partial charge in [0.2, 0.25) is 15.9 Å². The van der Waals surface area contributed by atoms with Gasteiger partial charge in [-0.2, -0.15) is 4.31 Å². The van der Waals surface area contributed by atoms with Crippen molar-refractivity contribution < 1.29 is 27.9 Å². The standard InChI is InChI=1S/C19H18N2O6S/c22-18(23)12-20-15-8-4-5-9-17(15)27-13-10-16(19(20)24)21(11-13)28(25,26)14-6-2-1-3-7-14/h1-9,13,16H,10-12H2,(H,22,23). The van der Waals surface area contributed by atoms with Crippen molar-refractivity contribution in [1.29, 1.82) is 0 Å². The lowest BCUT2D eigenvalue weighted by atomic mass is 10.1. The number of benzene rings is 2. The lowest BCUT2D eigenvalue weighted by Gasteiger charge is -2.30. The topological polar surface area (TPSA) is 104 Å². The maximum atomic E-state index is 13.2. The number of carboxylic acid groups (broad SMARTS) is 1. The molecular weight excluding hydrogens is 384 g/mol. The van der Waals surface area contributed by atoms with Crippen molar-refractivity contribution >= 4 is 27.6 Å². The first-order chi connectivity index (χ1) is 13.4. The highest BCUT2D eigenvalue weighted by atomic mass is 32.2. The molecule has 146 valence electrons. The minimum atomic E-state index is -3.94. The molecule has 9 heteroatoms. The van der Waals surface area contributed by atoms with E-state index in [1.54, 1.807) is 42.5 Å². The zero-order valence-corrected chi connectivity index (χ0v) is 15.6. The van der Waals surface area contributed by atoms with E-state index in [1.807, 2.05) is 0 Å². The number of carboxylic acids is 1. The van der Waals surface area contributed by atoms with Crippen LogP contribution in [0.1, 0.15) is 6.42 Å². The van der Waals surface area contributed by atoms with E-state index >= 15 is 0 Å². The van der Waals surface area contributed by atoms with Gasteiger partial charge in [0, 0.05) is 6.42 Å². The summed E-state index contributed by atoms with van der Waals surface area (Å²) in [4.78, 5) is 25.8. The molecule has 1 fully saturated rings. The second kappa shape index (κ2) is 6.92. The first-order valence-electron chi connectivity index (χ1n) is 8.73. The molecule has 2 bridgehead atoms. The highest BCUT2D eigenvalue weighted by molar-refractivity contribution is 7.89. The molecule has 2 atom stereocenters. The quantitative estimate of drug-likeness (QED) is 0.827. The number of para-hydroxylation sites is 2. The number of carbonyl (C=O) groups excluding carboxylic acids is 1. The number of nitrogens with zero attached hydrogens (tertiary/aromatic N) is 2. The largest absolute Gasteiger partial charge is 0.487 e. The minimum absolute atomic E-state index is 0.0167. The van der Waals surface area contributed by atoms with Crippen LogP contribution in [0, 0.1) is 0 Å². The van der Waals surface area contributed by atoms with Crippen molar-refractivity contribution in [3.8, 4) is 5.75 Å². The molecule has 0 spiro atoms. The molecule has 1 saturated heterocycles. The van der Waals surface area contributed by atoms with E-state index in [2.05, 4.69) is 0 Å². The van der Waals surface area contributed by atoms with Crippen LogP contribution in [0.4, 0.5) is 5.69 Å². The zero-order chi connectivity index (χ0) is 19.9. The number of anilines is 1. The fourth-order valence-corrected chi connectivity index (χ4v) is 5.27. The van der Waals surface area contributed by atoms with Gasteiger partial charge in [-0.1, -0.05) is 30.3 Å². The van der Waals surface area contributed by atoms with Crippen LogP contribution in [0.25, 0.3) is 0 Å². The van der Waals surface area contributed by atoms with Crippen molar-refractivity contribution in [1.82, 2.24) is 4.31 Å². The lowest BCUT2D eigenvalue weighted by Crippen LogP contribution is -2.49. The van der Waals surface area contributed by atoms with Crippen LogP contribution >= 0.6 is 0 Å². The van der Waals surface area contributed by atoms with E-state index in [4.69, 9.17) is 4.74 Å².